The number of hydrogen-bond donors (Lipinski definition) is 1. The highest BCUT2D eigenvalue weighted by Gasteiger charge is 2.44. The first-order valence-corrected chi connectivity index (χ1v) is 7.17. The molecule has 1 amide bonds. The Morgan fingerprint density at radius 3 is 2.84 bits per heavy atom. The maximum absolute atomic E-state index is 12.5. The number of amides is 1. The van der Waals surface area contributed by atoms with Crippen LogP contribution in [0.1, 0.15) is 33.6 Å². The van der Waals surface area contributed by atoms with Crippen LogP contribution in [0.5, 0.6) is 0 Å². The third kappa shape index (κ3) is 3.09. The summed E-state index contributed by atoms with van der Waals surface area (Å²) in [6.07, 6.45) is 1.81. The molecule has 3 unspecified atom stereocenters. The van der Waals surface area contributed by atoms with E-state index < -0.39 is 0 Å². The number of ether oxygens (including phenoxy) is 2. The first-order chi connectivity index (χ1) is 8.97. The minimum Gasteiger partial charge on any atom is -0.378 e. The van der Waals surface area contributed by atoms with Gasteiger partial charge in [-0.05, 0) is 19.3 Å². The van der Waals surface area contributed by atoms with Gasteiger partial charge in [0.1, 0.15) is 5.60 Å². The Kier molecular flexibility index (Phi) is 4.48. The van der Waals surface area contributed by atoms with Crippen molar-refractivity contribution in [2.45, 2.75) is 51.4 Å². The molecule has 2 fully saturated rings. The smallest absolute Gasteiger partial charge is 0.241 e. The SMILES string of the molecule is COC1(CN2C(=O)C(CC(C)C)NC2C)CCOC1. The lowest BCUT2D eigenvalue weighted by atomic mass is 10.0. The predicted octanol–water partition coefficient (Wildman–Crippen LogP) is 0.984. The van der Waals surface area contributed by atoms with Crippen LogP contribution in [-0.2, 0) is 14.3 Å². The minimum atomic E-state index is -0.321. The zero-order chi connectivity index (χ0) is 14.0. The van der Waals surface area contributed by atoms with Gasteiger partial charge in [-0.3, -0.25) is 10.1 Å². The first-order valence-electron chi connectivity index (χ1n) is 7.17. The third-order valence-electron chi connectivity index (χ3n) is 4.16. The molecule has 0 aromatic heterocycles. The second-order valence-electron chi connectivity index (χ2n) is 6.18. The van der Waals surface area contributed by atoms with E-state index in [0.29, 0.717) is 25.7 Å². The number of nitrogens with one attached hydrogen (secondary N) is 1. The van der Waals surface area contributed by atoms with Crippen LogP contribution in [0.2, 0.25) is 0 Å². The molecule has 0 saturated carbocycles. The summed E-state index contributed by atoms with van der Waals surface area (Å²) >= 11 is 0. The van der Waals surface area contributed by atoms with Crippen LogP contribution in [0.15, 0.2) is 0 Å². The first kappa shape index (κ1) is 14.8. The molecule has 5 heteroatoms. The van der Waals surface area contributed by atoms with E-state index in [0.717, 1.165) is 12.8 Å². The Morgan fingerprint density at radius 2 is 2.32 bits per heavy atom. The normalized spacial score (nSPS) is 35.6. The molecule has 19 heavy (non-hydrogen) atoms. The van der Waals surface area contributed by atoms with Gasteiger partial charge in [0.05, 0.1) is 25.4 Å². The molecule has 0 aromatic carbocycles. The number of rotatable bonds is 5. The summed E-state index contributed by atoms with van der Waals surface area (Å²) in [5.41, 5.74) is -0.321. The van der Waals surface area contributed by atoms with Crippen LogP contribution in [0.3, 0.4) is 0 Å². The van der Waals surface area contributed by atoms with E-state index >= 15 is 0 Å². The Bertz CT molecular complexity index is 327. The van der Waals surface area contributed by atoms with Crippen molar-refractivity contribution in [3.8, 4) is 0 Å². The second-order valence-corrected chi connectivity index (χ2v) is 6.18. The molecule has 110 valence electrons. The van der Waals surface area contributed by atoms with Crippen molar-refractivity contribution in [2.75, 3.05) is 26.9 Å². The average Bonchev–Trinajstić information content (AvgIpc) is 2.91. The lowest BCUT2D eigenvalue weighted by Crippen LogP contribution is -2.49. The summed E-state index contributed by atoms with van der Waals surface area (Å²) in [5.74, 6) is 0.712. The average molecular weight is 270 g/mol. The molecule has 2 heterocycles. The largest absolute Gasteiger partial charge is 0.378 e. The van der Waals surface area contributed by atoms with Crippen molar-refractivity contribution in [3.63, 3.8) is 0 Å². The molecule has 0 bridgehead atoms. The third-order valence-corrected chi connectivity index (χ3v) is 4.16. The fourth-order valence-electron chi connectivity index (χ4n) is 2.95. The van der Waals surface area contributed by atoms with Gasteiger partial charge in [-0.15, -0.1) is 0 Å². The standard InChI is InChI=1S/C14H26N2O3/c1-10(2)7-12-13(17)16(11(3)15-12)8-14(18-4)5-6-19-9-14/h10-12,15H,5-9H2,1-4H3. The van der Waals surface area contributed by atoms with Crippen molar-refractivity contribution in [1.29, 1.82) is 0 Å². The highest BCUT2D eigenvalue weighted by Crippen LogP contribution is 2.27. The van der Waals surface area contributed by atoms with E-state index in [1.165, 1.54) is 0 Å². The van der Waals surface area contributed by atoms with Gasteiger partial charge in [0.25, 0.3) is 0 Å². The molecule has 0 radical (unpaired) electrons. The molecular weight excluding hydrogens is 244 g/mol. The zero-order valence-electron chi connectivity index (χ0n) is 12.4. The van der Waals surface area contributed by atoms with Gasteiger partial charge < -0.3 is 14.4 Å². The van der Waals surface area contributed by atoms with Gasteiger partial charge in [0.15, 0.2) is 0 Å². The number of methoxy groups -OCH3 is 1. The summed E-state index contributed by atoms with van der Waals surface area (Å²) in [4.78, 5) is 14.4. The molecule has 2 saturated heterocycles. The summed E-state index contributed by atoms with van der Waals surface area (Å²) in [6, 6.07) is -0.0498. The number of hydrogen-bond acceptors (Lipinski definition) is 4. The minimum absolute atomic E-state index is 0.0498. The van der Waals surface area contributed by atoms with Crippen molar-refractivity contribution in [2.24, 2.45) is 5.92 Å². The van der Waals surface area contributed by atoms with E-state index in [9.17, 15) is 4.79 Å². The van der Waals surface area contributed by atoms with Gasteiger partial charge in [0, 0.05) is 20.1 Å². The highest BCUT2D eigenvalue weighted by molar-refractivity contribution is 5.84. The lowest BCUT2D eigenvalue weighted by Gasteiger charge is -2.32. The van der Waals surface area contributed by atoms with Gasteiger partial charge in [-0.1, -0.05) is 13.8 Å². The van der Waals surface area contributed by atoms with E-state index in [-0.39, 0.29) is 23.7 Å². The topological polar surface area (TPSA) is 50.8 Å². The van der Waals surface area contributed by atoms with Crippen LogP contribution in [0, 0.1) is 5.92 Å². The number of carbonyl (C=O) groups is 1. The number of carbonyl (C=O) groups excluding carboxylic acids is 1. The molecule has 3 atom stereocenters. The summed E-state index contributed by atoms with van der Waals surface area (Å²) < 4.78 is 11.1. The Labute approximate surface area is 115 Å². The Balaban J connectivity index is 2.02. The number of nitrogens with zero attached hydrogens (tertiary/aromatic N) is 1. The van der Waals surface area contributed by atoms with Crippen LogP contribution in [0.25, 0.3) is 0 Å². The molecule has 1 N–H and O–H groups in total. The zero-order valence-corrected chi connectivity index (χ0v) is 12.4. The lowest BCUT2D eigenvalue weighted by molar-refractivity contribution is -0.134. The molecule has 2 aliphatic heterocycles. The van der Waals surface area contributed by atoms with Crippen LogP contribution >= 0.6 is 0 Å². The summed E-state index contributed by atoms with van der Waals surface area (Å²) in [5, 5.41) is 3.38. The second kappa shape index (κ2) is 5.77. The molecule has 0 aliphatic carbocycles. The van der Waals surface area contributed by atoms with Crippen molar-refractivity contribution >= 4 is 5.91 Å². The maximum atomic E-state index is 12.5. The molecule has 2 rings (SSSR count). The van der Waals surface area contributed by atoms with E-state index in [1.807, 2.05) is 11.8 Å². The molecule has 0 aromatic rings. The summed E-state index contributed by atoms with van der Waals surface area (Å²) in [7, 11) is 1.71. The Hall–Kier alpha value is -0.650. The van der Waals surface area contributed by atoms with Gasteiger partial charge in [-0.25, -0.2) is 0 Å². The van der Waals surface area contributed by atoms with Gasteiger partial charge in [0.2, 0.25) is 5.91 Å². The van der Waals surface area contributed by atoms with Crippen molar-refractivity contribution in [1.82, 2.24) is 10.2 Å². The molecule has 5 nitrogen and oxygen atoms in total. The fraction of sp³-hybridized carbons (Fsp3) is 0.929. The molecule has 0 spiro atoms. The summed E-state index contributed by atoms with van der Waals surface area (Å²) in [6.45, 7) is 8.23. The quantitative estimate of drug-likeness (QED) is 0.809. The van der Waals surface area contributed by atoms with E-state index in [1.54, 1.807) is 7.11 Å². The fourth-order valence-corrected chi connectivity index (χ4v) is 2.95. The van der Waals surface area contributed by atoms with Crippen LogP contribution in [0.4, 0.5) is 0 Å². The molecule has 2 aliphatic rings. The van der Waals surface area contributed by atoms with Crippen LogP contribution in [-0.4, -0.2) is 55.5 Å². The van der Waals surface area contributed by atoms with E-state index in [2.05, 4.69) is 19.2 Å². The van der Waals surface area contributed by atoms with Crippen molar-refractivity contribution in [3.05, 3.63) is 0 Å². The maximum Gasteiger partial charge on any atom is 0.241 e. The Morgan fingerprint density at radius 1 is 1.58 bits per heavy atom. The highest BCUT2D eigenvalue weighted by atomic mass is 16.5. The monoisotopic (exact) mass is 270 g/mol. The van der Waals surface area contributed by atoms with Crippen LogP contribution < -0.4 is 5.32 Å². The van der Waals surface area contributed by atoms with Gasteiger partial charge in [-0.2, -0.15) is 0 Å². The van der Waals surface area contributed by atoms with E-state index in [4.69, 9.17) is 9.47 Å². The predicted molar refractivity (Wildman–Crippen MR) is 72.7 cm³/mol. The van der Waals surface area contributed by atoms with Crippen molar-refractivity contribution < 1.29 is 14.3 Å². The molecular formula is C14H26N2O3. The van der Waals surface area contributed by atoms with Gasteiger partial charge >= 0.3 is 0 Å².